The highest BCUT2D eigenvalue weighted by atomic mass is 19.3. The van der Waals surface area contributed by atoms with Gasteiger partial charge in [0, 0.05) is 18.0 Å². The molecule has 7 heteroatoms. The van der Waals surface area contributed by atoms with Gasteiger partial charge in [0.05, 0.1) is 13.2 Å². The van der Waals surface area contributed by atoms with E-state index >= 15 is 0 Å². The summed E-state index contributed by atoms with van der Waals surface area (Å²) in [6, 6.07) is 0. The lowest BCUT2D eigenvalue weighted by atomic mass is 10.2. The number of hydrogen-bond donors (Lipinski definition) is 2. The maximum absolute atomic E-state index is 12.6. The van der Waals surface area contributed by atoms with E-state index in [1.165, 1.54) is 4.90 Å². The summed E-state index contributed by atoms with van der Waals surface area (Å²) in [5.41, 5.74) is 6.35. The molecule has 1 aromatic rings. The normalized spacial score (nSPS) is 11.4. The highest BCUT2D eigenvalue weighted by molar-refractivity contribution is 5.56. The molecule has 0 fully saturated rings. The Morgan fingerprint density at radius 3 is 2.42 bits per heavy atom. The molecule has 1 rings (SSSR count). The number of halogens is 2. The van der Waals surface area contributed by atoms with Crippen LogP contribution < -0.4 is 10.6 Å². The molecular formula is C12H20F2N4O. The van der Waals surface area contributed by atoms with E-state index < -0.39 is 13.0 Å². The van der Waals surface area contributed by atoms with Gasteiger partial charge in [-0.3, -0.25) is 0 Å². The minimum absolute atomic E-state index is 0.0455. The minimum Gasteiger partial charge on any atom is -0.395 e. The average molecular weight is 274 g/mol. The highest BCUT2D eigenvalue weighted by Crippen LogP contribution is 2.24. The summed E-state index contributed by atoms with van der Waals surface area (Å²) >= 11 is 0. The second-order valence-electron chi connectivity index (χ2n) is 4.63. The van der Waals surface area contributed by atoms with Crippen LogP contribution in [-0.4, -0.2) is 41.2 Å². The van der Waals surface area contributed by atoms with E-state index in [4.69, 9.17) is 10.8 Å². The van der Waals surface area contributed by atoms with Crippen LogP contribution in [0.3, 0.4) is 0 Å². The van der Waals surface area contributed by atoms with E-state index in [1.807, 2.05) is 13.8 Å². The zero-order valence-electron chi connectivity index (χ0n) is 11.4. The molecule has 0 aliphatic rings. The van der Waals surface area contributed by atoms with Gasteiger partial charge in [-0.2, -0.15) is 0 Å². The van der Waals surface area contributed by atoms with Crippen LogP contribution >= 0.6 is 0 Å². The summed E-state index contributed by atoms with van der Waals surface area (Å²) in [5, 5.41) is 8.99. The smallest absolute Gasteiger partial charge is 0.255 e. The number of anilines is 2. The number of rotatable bonds is 6. The van der Waals surface area contributed by atoms with Gasteiger partial charge in [-0.25, -0.2) is 18.7 Å². The summed E-state index contributed by atoms with van der Waals surface area (Å²) in [4.78, 5) is 9.78. The number of aliphatic hydroxyl groups is 1. The first-order valence-corrected chi connectivity index (χ1v) is 6.14. The SMILES string of the molecule is Cc1c(N)nc(C(C)C)nc1N(CCO)CC(F)F. The third kappa shape index (κ3) is 3.99. The van der Waals surface area contributed by atoms with Crippen molar-refractivity contribution in [3.63, 3.8) is 0 Å². The van der Waals surface area contributed by atoms with Gasteiger partial charge in [0.2, 0.25) is 0 Å². The topological polar surface area (TPSA) is 75.3 Å². The van der Waals surface area contributed by atoms with Crippen molar-refractivity contribution in [2.45, 2.75) is 33.1 Å². The fraction of sp³-hybridized carbons (Fsp3) is 0.667. The summed E-state index contributed by atoms with van der Waals surface area (Å²) in [7, 11) is 0. The third-order valence-electron chi connectivity index (χ3n) is 2.72. The van der Waals surface area contributed by atoms with E-state index in [1.54, 1.807) is 6.92 Å². The Labute approximate surface area is 111 Å². The van der Waals surface area contributed by atoms with Gasteiger partial charge >= 0.3 is 0 Å². The summed E-state index contributed by atoms with van der Waals surface area (Å²) in [5.74, 6) is 1.20. The number of nitrogens with zero attached hydrogens (tertiary/aromatic N) is 3. The van der Waals surface area contributed by atoms with Crippen LogP contribution in [-0.2, 0) is 0 Å². The Morgan fingerprint density at radius 2 is 1.95 bits per heavy atom. The van der Waals surface area contributed by atoms with E-state index in [2.05, 4.69) is 9.97 Å². The van der Waals surface area contributed by atoms with Gasteiger partial charge in [-0.15, -0.1) is 0 Å². The van der Waals surface area contributed by atoms with Gasteiger partial charge in [0.25, 0.3) is 6.43 Å². The van der Waals surface area contributed by atoms with E-state index in [0.29, 0.717) is 17.2 Å². The Bertz CT molecular complexity index is 426. The molecule has 0 spiro atoms. The first-order chi connectivity index (χ1) is 8.86. The van der Waals surface area contributed by atoms with Crippen LogP contribution in [0.2, 0.25) is 0 Å². The van der Waals surface area contributed by atoms with Crippen molar-refractivity contribution in [3.05, 3.63) is 11.4 Å². The molecule has 0 unspecified atom stereocenters. The molecule has 108 valence electrons. The first-order valence-electron chi connectivity index (χ1n) is 6.14. The molecule has 1 aromatic heterocycles. The lowest BCUT2D eigenvalue weighted by molar-refractivity contribution is 0.152. The second-order valence-corrected chi connectivity index (χ2v) is 4.63. The van der Waals surface area contributed by atoms with Crippen molar-refractivity contribution in [2.75, 3.05) is 30.3 Å². The van der Waals surface area contributed by atoms with Gasteiger partial charge in [-0.1, -0.05) is 13.8 Å². The zero-order valence-corrected chi connectivity index (χ0v) is 11.4. The Hall–Kier alpha value is -1.50. The number of nitrogens with two attached hydrogens (primary N) is 1. The molecule has 19 heavy (non-hydrogen) atoms. The lowest BCUT2D eigenvalue weighted by Gasteiger charge is -2.25. The molecule has 0 atom stereocenters. The zero-order chi connectivity index (χ0) is 14.6. The standard InChI is InChI=1S/C12H20F2N4O/c1-7(2)11-16-10(15)8(3)12(17-11)18(4-5-19)6-9(13)14/h7,9,19H,4-6H2,1-3H3,(H2,15,16,17). The van der Waals surface area contributed by atoms with Crippen molar-refractivity contribution in [1.29, 1.82) is 0 Å². The molecule has 3 N–H and O–H groups in total. The molecule has 0 amide bonds. The number of nitrogen functional groups attached to an aromatic ring is 1. The largest absolute Gasteiger partial charge is 0.395 e. The maximum Gasteiger partial charge on any atom is 0.255 e. The van der Waals surface area contributed by atoms with E-state index in [-0.39, 0.29) is 24.9 Å². The second kappa shape index (κ2) is 6.60. The van der Waals surface area contributed by atoms with Crippen molar-refractivity contribution in [3.8, 4) is 0 Å². The molecule has 0 saturated carbocycles. The van der Waals surface area contributed by atoms with Crippen molar-refractivity contribution < 1.29 is 13.9 Å². The van der Waals surface area contributed by atoms with Crippen LogP contribution in [0.4, 0.5) is 20.4 Å². The monoisotopic (exact) mass is 274 g/mol. The van der Waals surface area contributed by atoms with Gasteiger partial charge in [0.15, 0.2) is 0 Å². The Balaban J connectivity index is 3.19. The maximum atomic E-state index is 12.6. The average Bonchev–Trinajstić information content (AvgIpc) is 2.31. The molecule has 0 aliphatic heterocycles. The van der Waals surface area contributed by atoms with E-state index in [0.717, 1.165) is 0 Å². The molecule has 5 nitrogen and oxygen atoms in total. The van der Waals surface area contributed by atoms with Crippen LogP contribution in [0.25, 0.3) is 0 Å². The molecule has 0 aliphatic carbocycles. The van der Waals surface area contributed by atoms with Crippen LogP contribution in [0.1, 0.15) is 31.2 Å². The predicted octanol–water partition coefficient (Wildman–Crippen LogP) is 1.55. The molecule has 1 heterocycles. The molecule has 0 radical (unpaired) electrons. The quantitative estimate of drug-likeness (QED) is 0.823. The molecule has 0 bridgehead atoms. The van der Waals surface area contributed by atoms with Gasteiger partial charge in [0.1, 0.15) is 17.5 Å². The molecule has 0 saturated heterocycles. The number of aliphatic hydroxyl groups excluding tert-OH is 1. The third-order valence-corrected chi connectivity index (χ3v) is 2.72. The predicted molar refractivity (Wildman–Crippen MR) is 70.6 cm³/mol. The summed E-state index contributed by atoms with van der Waals surface area (Å²) in [6.07, 6.45) is -2.51. The van der Waals surface area contributed by atoms with Gasteiger partial charge in [-0.05, 0) is 6.92 Å². The van der Waals surface area contributed by atoms with Crippen molar-refractivity contribution in [2.24, 2.45) is 0 Å². The fourth-order valence-corrected chi connectivity index (χ4v) is 1.68. The van der Waals surface area contributed by atoms with Crippen LogP contribution in [0.5, 0.6) is 0 Å². The first kappa shape index (κ1) is 15.6. The Kier molecular flexibility index (Phi) is 5.41. The Morgan fingerprint density at radius 1 is 1.32 bits per heavy atom. The van der Waals surface area contributed by atoms with Crippen LogP contribution in [0.15, 0.2) is 0 Å². The fourth-order valence-electron chi connectivity index (χ4n) is 1.68. The summed E-state index contributed by atoms with van der Waals surface area (Å²) < 4.78 is 25.2. The van der Waals surface area contributed by atoms with Crippen molar-refractivity contribution >= 4 is 11.6 Å². The minimum atomic E-state index is -2.51. The number of hydrogen-bond acceptors (Lipinski definition) is 5. The van der Waals surface area contributed by atoms with Crippen molar-refractivity contribution in [1.82, 2.24) is 9.97 Å². The van der Waals surface area contributed by atoms with E-state index in [9.17, 15) is 8.78 Å². The molecular weight excluding hydrogens is 254 g/mol. The van der Waals surface area contributed by atoms with Gasteiger partial charge < -0.3 is 15.7 Å². The number of alkyl halides is 2. The highest BCUT2D eigenvalue weighted by Gasteiger charge is 2.19. The lowest BCUT2D eigenvalue weighted by Crippen LogP contribution is -2.33. The molecule has 0 aromatic carbocycles. The summed E-state index contributed by atoms with van der Waals surface area (Å²) in [6.45, 7) is 4.85. The van der Waals surface area contributed by atoms with Crippen LogP contribution in [0, 0.1) is 6.92 Å². The number of aromatic nitrogens is 2.